The van der Waals surface area contributed by atoms with Crippen molar-refractivity contribution >= 4 is 5.91 Å². The first-order valence-electron chi connectivity index (χ1n) is 9.09. The van der Waals surface area contributed by atoms with Crippen molar-refractivity contribution in [1.82, 2.24) is 15.1 Å². The third kappa shape index (κ3) is 4.79. The molecule has 126 valence electrons. The van der Waals surface area contributed by atoms with E-state index >= 15 is 0 Å². The lowest BCUT2D eigenvalue weighted by molar-refractivity contribution is -0.137. The second-order valence-electron chi connectivity index (χ2n) is 6.78. The Morgan fingerprint density at radius 3 is 2.61 bits per heavy atom. The summed E-state index contributed by atoms with van der Waals surface area (Å²) in [6.45, 7) is 6.99. The van der Waals surface area contributed by atoms with Gasteiger partial charge < -0.3 is 10.2 Å². The molecule has 1 amide bonds. The molecule has 4 nitrogen and oxygen atoms in total. The van der Waals surface area contributed by atoms with Crippen LogP contribution in [0.15, 0.2) is 30.3 Å². The van der Waals surface area contributed by atoms with Crippen molar-refractivity contribution in [2.45, 2.75) is 25.7 Å². The minimum absolute atomic E-state index is 0.251. The highest BCUT2D eigenvalue weighted by molar-refractivity contribution is 5.79. The SMILES string of the molecule is O=C(C1CCCNCC1)N1CCN(CCc2ccccc2)CC1. The third-order valence-corrected chi connectivity index (χ3v) is 5.17. The van der Waals surface area contributed by atoms with Crippen LogP contribution in [0.1, 0.15) is 24.8 Å². The molecule has 1 N–H and O–H groups in total. The summed E-state index contributed by atoms with van der Waals surface area (Å²) in [6, 6.07) is 10.7. The van der Waals surface area contributed by atoms with Crippen LogP contribution in [0, 0.1) is 5.92 Å². The fraction of sp³-hybridized carbons (Fsp3) is 0.632. The van der Waals surface area contributed by atoms with Crippen LogP contribution in [0.3, 0.4) is 0 Å². The van der Waals surface area contributed by atoms with Crippen LogP contribution >= 0.6 is 0 Å². The number of nitrogens with one attached hydrogen (secondary N) is 1. The summed E-state index contributed by atoms with van der Waals surface area (Å²) in [6.07, 6.45) is 4.30. The number of carbonyl (C=O) groups is 1. The van der Waals surface area contributed by atoms with Crippen LogP contribution in [0.5, 0.6) is 0 Å². The van der Waals surface area contributed by atoms with E-state index in [4.69, 9.17) is 0 Å². The van der Waals surface area contributed by atoms with Crippen LogP contribution in [0.25, 0.3) is 0 Å². The van der Waals surface area contributed by atoms with Crippen LogP contribution in [-0.2, 0) is 11.2 Å². The standard InChI is InChI=1S/C19H29N3O/c23-19(18-7-4-10-20-11-8-18)22-15-13-21(14-16-22)12-9-17-5-2-1-3-6-17/h1-3,5-6,18,20H,4,7-16H2. The predicted octanol–water partition coefficient (Wildman–Crippen LogP) is 1.76. The lowest BCUT2D eigenvalue weighted by Crippen LogP contribution is -2.50. The number of benzene rings is 1. The van der Waals surface area contributed by atoms with E-state index in [2.05, 4.69) is 45.4 Å². The Morgan fingerprint density at radius 2 is 1.83 bits per heavy atom. The first-order chi connectivity index (χ1) is 11.3. The summed E-state index contributed by atoms with van der Waals surface area (Å²) < 4.78 is 0. The topological polar surface area (TPSA) is 35.6 Å². The molecule has 0 spiro atoms. The van der Waals surface area contributed by atoms with Crippen LogP contribution in [0.2, 0.25) is 0 Å². The van der Waals surface area contributed by atoms with Gasteiger partial charge in [0.15, 0.2) is 0 Å². The van der Waals surface area contributed by atoms with Crippen LogP contribution in [-0.4, -0.2) is 61.5 Å². The van der Waals surface area contributed by atoms with Gasteiger partial charge in [0.05, 0.1) is 0 Å². The van der Waals surface area contributed by atoms with E-state index in [0.717, 1.165) is 71.5 Å². The monoisotopic (exact) mass is 315 g/mol. The lowest BCUT2D eigenvalue weighted by atomic mass is 9.98. The van der Waals surface area contributed by atoms with Crippen molar-refractivity contribution in [1.29, 1.82) is 0 Å². The Bertz CT molecular complexity index is 475. The molecule has 2 fully saturated rings. The molecule has 2 aliphatic rings. The molecule has 1 unspecified atom stereocenters. The quantitative estimate of drug-likeness (QED) is 0.920. The molecule has 4 heteroatoms. The maximum absolute atomic E-state index is 12.7. The Labute approximate surface area is 139 Å². The zero-order valence-corrected chi connectivity index (χ0v) is 14.0. The van der Waals surface area contributed by atoms with Crippen LogP contribution < -0.4 is 5.32 Å². The molecule has 0 aromatic heterocycles. The first-order valence-corrected chi connectivity index (χ1v) is 9.09. The smallest absolute Gasteiger partial charge is 0.225 e. The van der Waals surface area contributed by atoms with Crippen molar-refractivity contribution in [2.24, 2.45) is 5.92 Å². The van der Waals surface area contributed by atoms with E-state index < -0.39 is 0 Å². The van der Waals surface area contributed by atoms with Gasteiger partial charge in [0.1, 0.15) is 0 Å². The highest BCUT2D eigenvalue weighted by Gasteiger charge is 2.27. The van der Waals surface area contributed by atoms with Crippen LogP contribution in [0.4, 0.5) is 0 Å². The molecule has 1 aromatic carbocycles. The van der Waals surface area contributed by atoms with Gasteiger partial charge in [-0.05, 0) is 44.3 Å². The Hall–Kier alpha value is -1.39. The molecule has 2 aliphatic heterocycles. The number of piperazine rings is 1. The largest absolute Gasteiger partial charge is 0.340 e. The van der Waals surface area contributed by atoms with Gasteiger partial charge in [-0.1, -0.05) is 30.3 Å². The van der Waals surface area contributed by atoms with E-state index in [9.17, 15) is 4.79 Å². The van der Waals surface area contributed by atoms with Gasteiger partial charge in [0, 0.05) is 38.6 Å². The van der Waals surface area contributed by atoms with Gasteiger partial charge in [-0.25, -0.2) is 0 Å². The Balaban J connectivity index is 1.41. The van der Waals surface area contributed by atoms with Gasteiger partial charge in [0.25, 0.3) is 0 Å². The molecule has 0 bridgehead atoms. The molecular weight excluding hydrogens is 286 g/mol. The summed E-state index contributed by atoms with van der Waals surface area (Å²) >= 11 is 0. The third-order valence-electron chi connectivity index (χ3n) is 5.17. The molecule has 2 saturated heterocycles. The zero-order valence-electron chi connectivity index (χ0n) is 14.0. The molecular formula is C19H29N3O. The molecule has 0 saturated carbocycles. The maximum Gasteiger partial charge on any atom is 0.225 e. The summed E-state index contributed by atoms with van der Waals surface area (Å²) in [5.41, 5.74) is 1.40. The molecule has 1 atom stereocenters. The van der Waals surface area contributed by atoms with Gasteiger partial charge in [-0.15, -0.1) is 0 Å². The van der Waals surface area contributed by atoms with Crippen molar-refractivity contribution in [3.05, 3.63) is 35.9 Å². The Kier molecular flexibility index (Phi) is 6.06. The minimum atomic E-state index is 0.251. The van der Waals surface area contributed by atoms with E-state index in [0.29, 0.717) is 5.91 Å². The number of amides is 1. The number of hydrogen-bond acceptors (Lipinski definition) is 3. The van der Waals surface area contributed by atoms with Gasteiger partial charge in [0.2, 0.25) is 5.91 Å². The van der Waals surface area contributed by atoms with Crippen molar-refractivity contribution < 1.29 is 4.79 Å². The summed E-state index contributed by atoms with van der Waals surface area (Å²) in [4.78, 5) is 17.3. The van der Waals surface area contributed by atoms with E-state index in [1.165, 1.54) is 5.56 Å². The lowest BCUT2D eigenvalue weighted by Gasteiger charge is -2.36. The van der Waals surface area contributed by atoms with Crippen molar-refractivity contribution in [3.63, 3.8) is 0 Å². The second kappa shape index (κ2) is 8.46. The zero-order chi connectivity index (χ0) is 15.9. The summed E-state index contributed by atoms with van der Waals surface area (Å²) in [7, 11) is 0. The van der Waals surface area contributed by atoms with Gasteiger partial charge in [-0.3, -0.25) is 9.69 Å². The first kappa shape index (κ1) is 16.5. The van der Waals surface area contributed by atoms with Gasteiger partial charge in [-0.2, -0.15) is 0 Å². The molecule has 2 heterocycles. The average Bonchev–Trinajstić information content (AvgIpc) is 2.90. The molecule has 0 aliphatic carbocycles. The van der Waals surface area contributed by atoms with Crippen molar-refractivity contribution in [2.75, 3.05) is 45.8 Å². The van der Waals surface area contributed by atoms with E-state index in [1.807, 2.05) is 0 Å². The number of carbonyl (C=O) groups excluding carboxylic acids is 1. The normalized spacial score (nSPS) is 23.5. The maximum atomic E-state index is 12.7. The average molecular weight is 315 g/mol. The fourth-order valence-electron chi connectivity index (χ4n) is 3.65. The summed E-state index contributed by atoms with van der Waals surface area (Å²) in [5.74, 6) is 0.650. The predicted molar refractivity (Wildman–Crippen MR) is 93.4 cm³/mol. The molecule has 3 rings (SSSR count). The minimum Gasteiger partial charge on any atom is -0.340 e. The number of nitrogens with zero attached hydrogens (tertiary/aromatic N) is 2. The van der Waals surface area contributed by atoms with Gasteiger partial charge >= 0.3 is 0 Å². The Morgan fingerprint density at radius 1 is 1.04 bits per heavy atom. The highest BCUT2D eigenvalue weighted by atomic mass is 16.2. The number of rotatable bonds is 4. The molecule has 0 radical (unpaired) electrons. The highest BCUT2D eigenvalue weighted by Crippen LogP contribution is 2.18. The second-order valence-corrected chi connectivity index (χ2v) is 6.78. The summed E-state index contributed by atoms with van der Waals surface area (Å²) in [5, 5.41) is 3.40. The van der Waals surface area contributed by atoms with Crippen molar-refractivity contribution in [3.8, 4) is 0 Å². The molecule has 1 aromatic rings. The molecule has 23 heavy (non-hydrogen) atoms. The van der Waals surface area contributed by atoms with E-state index in [1.54, 1.807) is 0 Å². The fourth-order valence-corrected chi connectivity index (χ4v) is 3.65. The number of hydrogen-bond donors (Lipinski definition) is 1. The van der Waals surface area contributed by atoms with E-state index in [-0.39, 0.29) is 5.92 Å².